The molecule has 0 atom stereocenters. The molecule has 0 amide bonds. The molecule has 0 N–H and O–H groups in total. The van der Waals surface area contributed by atoms with E-state index in [4.69, 9.17) is 16.5 Å². The highest BCUT2D eigenvalue weighted by molar-refractivity contribution is 6.83. The van der Waals surface area contributed by atoms with Crippen molar-refractivity contribution in [1.82, 2.24) is 0 Å². The molecule has 1 saturated heterocycles. The third kappa shape index (κ3) is 6.57. The third-order valence-electron chi connectivity index (χ3n) is 2.63. The van der Waals surface area contributed by atoms with Crippen molar-refractivity contribution in [3.63, 3.8) is 0 Å². The van der Waals surface area contributed by atoms with Crippen molar-refractivity contribution in [3.8, 4) is 0 Å². The first kappa shape index (κ1) is 16.5. The lowest BCUT2D eigenvalue weighted by Crippen LogP contribution is -2.53. The summed E-state index contributed by atoms with van der Waals surface area (Å²) in [5, 5.41) is 0. The Balaban J connectivity index is 2.61. The fourth-order valence-corrected chi connectivity index (χ4v) is 12.5. The zero-order valence-corrected chi connectivity index (χ0v) is 16.8. The Morgan fingerprint density at radius 1 is 1.06 bits per heavy atom. The van der Waals surface area contributed by atoms with Crippen LogP contribution in [0.1, 0.15) is 26.2 Å². The zero-order chi connectivity index (χ0) is 13.6. The molecule has 0 aromatic heterocycles. The van der Waals surface area contributed by atoms with E-state index in [1.165, 1.54) is 12.8 Å². The zero-order valence-electron chi connectivity index (χ0n) is 12.2. The maximum Gasteiger partial charge on any atom is 0.330 e. The van der Waals surface area contributed by atoms with Crippen molar-refractivity contribution in [2.75, 3.05) is 0 Å². The van der Waals surface area contributed by atoms with Crippen LogP contribution >= 0.6 is 0 Å². The van der Waals surface area contributed by atoms with Gasteiger partial charge in [-0.05, 0) is 32.6 Å². The first-order valence-electron chi connectivity index (χ1n) is 6.65. The van der Waals surface area contributed by atoms with Gasteiger partial charge >= 0.3 is 26.4 Å². The molecule has 1 rings (SSSR count). The topological polar surface area (TPSA) is 36.9 Å². The van der Waals surface area contributed by atoms with Crippen molar-refractivity contribution in [3.05, 3.63) is 11.8 Å². The minimum absolute atomic E-state index is 0.935. The highest BCUT2D eigenvalue weighted by Crippen LogP contribution is 2.18. The van der Waals surface area contributed by atoms with Gasteiger partial charge in [0.05, 0.1) is 0 Å². The number of hydrogen-bond acceptors (Lipinski definition) is 4. The molecule has 0 radical (unpaired) electrons. The molecule has 1 aliphatic heterocycles. The highest BCUT2D eigenvalue weighted by Gasteiger charge is 2.37. The van der Waals surface area contributed by atoms with Crippen LogP contribution in [0.4, 0.5) is 0 Å². The molecular weight excluding hydrogens is 296 g/mol. The van der Waals surface area contributed by atoms with Crippen LogP contribution in [0.3, 0.4) is 0 Å². The summed E-state index contributed by atoms with van der Waals surface area (Å²) in [6.45, 7) is 10.5. The quantitative estimate of drug-likeness (QED) is 0.586. The van der Waals surface area contributed by atoms with Crippen molar-refractivity contribution in [1.29, 1.82) is 0 Å². The van der Waals surface area contributed by atoms with E-state index in [1.54, 1.807) is 0 Å². The lowest BCUT2D eigenvalue weighted by molar-refractivity contribution is 0.280. The largest absolute Gasteiger partial charge is 0.420 e. The summed E-state index contributed by atoms with van der Waals surface area (Å²) in [4.78, 5) is 0. The van der Waals surface area contributed by atoms with Gasteiger partial charge in [-0.15, -0.1) is 0 Å². The van der Waals surface area contributed by atoms with Gasteiger partial charge in [-0.3, -0.25) is 0 Å². The maximum atomic E-state index is 6.13. The smallest absolute Gasteiger partial charge is 0.330 e. The van der Waals surface area contributed by atoms with Crippen LogP contribution in [0.25, 0.3) is 0 Å². The molecule has 0 aliphatic carbocycles. The SMILES string of the molecule is CCCCC=C[SiH]1O[Si](C)(C)O[SiH2]O[Si](C)(C)O1. The van der Waals surface area contributed by atoms with E-state index in [9.17, 15) is 0 Å². The summed E-state index contributed by atoms with van der Waals surface area (Å²) in [7, 11) is -6.76. The minimum atomic E-state index is -2.02. The third-order valence-corrected chi connectivity index (χ3v) is 16.1. The molecule has 0 unspecified atom stereocenters. The molecule has 0 spiro atoms. The van der Waals surface area contributed by atoms with Gasteiger partial charge in [-0.25, -0.2) is 0 Å². The molecule has 0 aromatic carbocycles. The van der Waals surface area contributed by atoms with Crippen LogP contribution in [-0.2, 0) is 16.5 Å². The maximum absolute atomic E-state index is 6.13. The van der Waals surface area contributed by atoms with Gasteiger partial charge in [-0.2, -0.15) is 0 Å². The molecule has 4 nitrogen and oxygen atoms in total. The lowest BCUT2D eigenvalue weighted by Gasteiger charge is -2.36. The molecule has 1 heterocycles. The average Bonchev–Trinajstić information content (AvgIpc) is 2.20. The van der Waals surface area contributed by atoms with Gasteiger partial charge in [0.25, 0.3) is 10.0 Å². The Hall–Kier alpha value is 0.448. The number of rotatable bonds is 4. The van der Waals surface area contributed by atoms with Crippen LogP contribution in [0.15, 0.2) is 11.8 Å². The lowest BCUT2D eigenvalue weighted by atomic mass is 10.2. The van der Waals surface area contributed by atoms with E-state index in [-0.39, 0.29) is 0 Å². The standard InChI is InChI=1S/C10H26O4Si4/c1-6-7-8-9-10-16-13-17(2,3)11-15-12-18(4,5)14-16/h9-10,16H,6-8,15H2,1-5H3. The normalized spacial score (nSPS) is 29.3. The van der Waals surface area contributed by atoms with Gasteiger partial charge in [0.15, 0.2) is 0 Å². The molecule has 1 aliphatic rings. The van der Waals surface area contributed by atoms with Gasteiger partial charge in [0, 0.05) is 0 Å². The summed E-state index contributed by atoms with van der Waals surface area (Å²) in [6, 6.07) is 0. The Morgan fingerprint density at radius 2 is 1.61 bits per heavy atom. The predicted molar refractivity (Wildman–Crippen MR) is 83.7 cm³/mol. The molecule has 18 heavy (non-hydrogen) atoms. The second-order valence-electron chi connectivity index (χ2n) is 5.38. The summed E-state index contributed by atoms with van der Waals surface area (Å²) in [5.41, 5.74) is 2.15. The van der Waals surface area contributed by atoms with Crippen molar-refractivity contribution >= 4 is 36.4 Å². The first-order chi connectivity index (χ1) is 8.35. The molecule has 1 fully saturated rings. The highest BCUT2D eigenvalue weighted by atomic mass is 28.5. The average molecular weight is 323 g/mol. The second-order valence-corrected chi connectivity index (χ2v) is 16.5. The van der Waals surface area contributed by atoms with E-state index in [0.29, 0.717) is 0 Å². The van der Waals surface area contributed by atoms with Gasteiger partial charge in [0.2, 0.25) is 0 Å². The number of allylic oxidation sites excluding steroid dienone is 1. The Kier molecular flexibility index (Phi) is 6.68. The first-order valence-corrected chi connectivity index (χ1v) is 15.0. The van der Waals surface area contributed by atoms with Crippen LogP contribution in [-0.4, -0.2) is 36.4 Å². The second kappa shape index (κ2) is 7.29. The molecule has 0 aromatic rings. The fraction of sp³-hybridized carbons (Fsp3) is 0.800. The summed E-state index contributed by atoms with van der Waals surface area (Å²) < 4.78 is 24.0. The molecule has 106 valence electrons. The van der Waals surface area contributed by atoms with Crippen LogP contribution in [0, 0.1) is 0 Å². The van der Waals surface area contributed by atoms with E-state index in [0.717, 1.165) is 6.42 Å². The van der Waals surface area contributed by atoms with Gasteiger partial charge in [-0.1, -0.05) is 31.5 Å². The Bertz CT molecular complexity index is 265. The van der Waals surface area contributed by atoms with Crippen molar-refractivity contribution < 1.29 is 16.5 Å². The van der Waals surface area contributed by atoms with E-state index in [1.807, 2.05) is 0 Å². The summed E-state index contributed by atoms with van der Waals surface area (Å²) in [5.74, 6) is 0. The van der Waals surface area contributed by atoms with Crippen LogP contribution < -0.4 is 0 Å². The minimum Gasteiger partial charge on any atom is -0.420 e. The van der Waals surface area contributed by atoms with Gasteiger partial charge in [0.1, 0.15) is 0 Å². The predicted octanol–water partition coefficient (Wildman–Crippen LogP) is 1.97. The molecular formula is C10H26O4Si4. The van der Waals surface area contributed by atoms with E-state index in [2.05, 4.69) is 44.9 Å². The van der Waals surface area contributed by atoms with Crippen molar-refractivity contribution in [2.45, 2.75) is 52.4 Å². The summed E-state index contributed by atoms with van der Waals surface area (Å²) in [6.07, 6.45) is 5.75. The fourth-order valence-electron chi connectivity index (χ4n) is 1.57. The Morgan fingerprint density at radius 3 is 2.11 bits per heavy atom. The molecule has 0 saturated carbocycles. The number of hydrogen-bond donors (Lipinski definition) is 0. The molecule has 0 bridgehead atoms. The Labute approximate surface area is 117 Å². The monoisotopic (exact) mass is 322 g/mol. The van der Waals surface area contributed by atoms with Crippen molar-refractivity contribution in [2.24, 2.45) is 0 Å². The van der Waals surface area contributed by atoms with Crippen LogP contribution in [0.2, 0.25) is 26.2 Å². The number of unbranched alkanes of at least 4 members (excludes halogenated alkanes) is 2. The van der Waals surface area contributed by atoms with E-state index >= 15 is 0 Å². The molecule has 8 heteroatoms. The summed E-state index contributed by atoms with van der Waals surface area (Å²) >= 11 is 0. The van der Waals surface area contributed by atoms with Gasteiger partial charge < -0.3 is 16.5 Å². The van der Waals surface area contributed by atoms with E-state index < -0.39 is 36.4 Å². The van der Waals surface area contributed by atoms with Crippen LogP contribution in [0.5, 0.6) is 0 Å².